The van der Waals surface area contributed by atoms with Crippen LogP contribution in [0.3, 0.4) is 0 Å². The summed E-state index contributed by atoms with van der Waals surface area (Å²) in [6.07, 6.45) is -4.27. The molecule has 0 saturated carbocycles. The van der Waals surface area contributed by atoms with E-state index < -0.39 is 66.3 Å². The molecule has 0 aliphatic heterocycles. The van der Waals surface area contributed by atoms with Crippen LogP contribution in [-0.2, 0) is 42.4 Å². The monoisotopic (exact) mass is 512 g/mol. The van der Waals surface area contributed by atoms with Gasteiger partial charge in [-0.2, -0.15) is 0 Å². The van der Waals surface area contributed by atoms with Gasteiger partial charge in [-0.25, -0.2) is 0 Å². The van der Waals surface area contributed by atoms with Crippen LogP contribution in [0.4, 0.5) is 0 Å². The Morgan fingerprint density at radius 2 is 1.13 bits per heavy atom. The minimum Gasteiger partial charge on any atom is -0.324 e. The second-order valence-corrected chi connectivity index (χ2v) is 13.6. The highest BCUT2D eigenvalue weighted by atomic mass is 31.2. The first-order valence-electron chi connectivity index (χ1n) is 7.91. The Balaban J connectivity index is 3.97. The predicted molar refractivity (Wildman–Crippen MR) is 105 cm³/mol. The van der Waals surface area contributed by atoms with Crippen LogP contribution in [-0.4, -0.2) is 45.3 Å². The van der Waals surface area contributed by atoms with Gasteiger partial charge in [-0.15, -0.1) is 0 Å². The Labute approximate surface area is 171 Å². The van der Waals surface area contributed by atoms with E-state index in [1.807, 2.05) is 0 Å². The molecule has 1 rings (SSSR count). The Morgan fingerprint density at radius 1 is 0.733 bits per heavy atom. The molecule has 0 aliphatic rings. The van der Waals surface area contributed by atoms with Crippen molar-refractivity contribution in [1.82, 2.24) is 0 Å². The van der Waals surface area contributed by atoms with Gasteiger partial charge < -0.3 is 50.6 Å². The lowest BCUT2D eigenvalue weighted by atomic mass is 9.89. The van der Waals surface area contributed by atoms with Crippen molar-refractivity contribution in [2.45, 2.75) is 31.1 Å². The molecule has 174 valence electrons. The number of rotatable bonds is 9. The smallest absolute Gasteiger partial charge is 0.324 e. The lowest BCUT2D eigenvalue weighted by Crippen LogP contribution is -2.50. The first kappa shape index (κ1) is 27.8. The third-order valence-electron chi connectivity index (χ3n) is 4.01. The fourth-order valence-corrected chi connectivity index (χ4v) is 6.26. The van der Waals surface area contributed by atoms with Crippen LogP contribution in [0.2, 0.25) is 0 Å². The van der Waals surface area contributed by atoms with E-state index in [4.69, 9.17) is 11.5 Å². The van der Waals surface area contributed by atoms with Gasteiger partial charge in [0.1, 0.15) is 5.66 Å². The van der Waals surface area contributed by atoms with Crippen molar-refractivity contribution in [2.75, 3.05) is 6.16 Å². The molecule has 0 aliphatic carbocycles. The lowest BCUT2D eigenvalue weighted by Gasteiger charge is -2.31. The Morgan fingerprint density at radius 3 is 1.50 bits per heavy atom. The summed E-state index contributed by atoms with van der Waals surface area (Å²) >= 11 is 0. The Bertz CT molecular complexity index is 1000. The van der Waals surface area contributed by atoms with Gasteiger partial charge in [0.25, 0.3) is 0 Å². The third kappa shape index (κ3) is 9.08. The van der Waals surface area contributed by atoms with Gasteiger partial charge in [-0.1, -0.05) is 6.07 Å². The maximum atomic E-state index is 11.6. The first-order chi connectivity index (χ1) is 13.0. The van der Waals surface area contributed by atoms with Crippen molar-refractivity contribution < 1.29 is 57.4 Å². The summed E-state index contributed by atoms with van der Waals surface area (Å²) < 4.78 is 46.1. The van der Waals surface area contributed by atoms with Crippen LogP contribution in [0.15, 0.2) is 6.07 Å². The summed E-state index contributed by atoms with van der Waals surface area (Å²) in [5, 5.41) is 0. The molecule has 0 bridgehead atoms. The van der Waals surface area contributed by atoms with Gasteiger partial charge in [-0.05, 0) is 34.7 Å². The number of nitrogens with two attached hydrogens (primary N) is 2. The minimum absolute atomic E-state index is 0.173. The van der Waals surface area contributed by atoms with Gasteiger partial charge in [0.15, 0.2) is 0 Å². The van der Waals surface area contributed by atoms with E-state index in [-0.39, 0.29) is 22.3 Å². The van der Waals surface area contributed by atoms with Crippen molar-refractivity contribution in [3.8, 4) is 0 Å². The second-order valence-electron chi connectivity index (χ2n) is 7.00. The molecule has 1 aromatic rings. The maximum Gasteiger partial charge on any atom is 0.329 e. The molecule has 0 atom stereocenters. The van der Waals surface area contributed by atoms with E-state index >= 15 is 0 Å². The molecular formula is C12H24N2O12P4. The average molecular weight is 512 g/mol. The van der Waals surface area contributed by atoms with Crippen molar-refractivity contribution in [3.05, 3.63) is 33.9 Å². The highest BCUT2D eigenvalue weighted by Gasteiger charge is 2.37. The Hall–Kier alpha value is -0.260. The molecule has 0 unspecified atom stereocenters. The molecule has 1 aromatic carbocycles. The number of hydrogen-bond donors (Lipinski definition) is 10. The minimum atomic E-state index is -4.86. The summed E-state index contributed by atoms with van der Waals surface area (Å²) in [6, 6.07) is 0.859. The van der Waals surface area contributed by atoms with Crippen molar-refractivity contribution >= 4 is 30.4 Å². The molecule has 18 heteroatoms. The molecule has 12 N–H and O–H groups in total. The first-order valence-corrected chi connectivity index (χ1v) is 15.1. The predicted octanol–water partition coefficient (Wildman–Crippen LogP) is -0.724. The standard InChI is InChI=1S/C12H24N2O12P4/c1-7-9(4-28(18,19)20)8(3-27(15,16)17)2-11(10(7)5-29(21,22)23)12(13,14)6-30(24,25)26/h2H,3-6,13-14H2,1H3,(H2,15,16,17)(H2,18,19,20)(H2,21,22,23)(H2,24,25,26). The van der Waals surface area contributed by atoms with E-state index in [1.165, 1.54) is 6.92 Å². The maximum absolute atomic E-state index is 11.6. The van der Waals surface area contributed by atoms with Crippen LogP contribution in [0.5, 0.6) is 0 Å². The molecule has 0 radical (unpaired) electrons. The van der Waals surface area contributed by atoms with E-state index in [2.05, 4.69) is 0 Å². The Kier molecular flexibility index (Phi) is 8.28. The van der Waals surface area contributed by atoms with Gasteiger partial charge in [0.2, 0.25) is 0 Å². The highest BCUT2D eigenvalue weighted by molar-refractivity contribution is 7.52. The molecule has 30 heavy (non-hydrogen) atoms. The lowest BCUT2D eigenvalue weighted by molar-refractivity contribution is 0.351. The summed E-state index contributed by atoms with van der Waals surface area (Å²) in [7, 11) is -19.3. The molecule has 0 amide bonds. The SMILES string of the molecule is Cc1c(CP(=O)(O)O)c(CP(=O)(O)O)cc(C(N)(N)CP(=O)(O)O)c1CP(=O)(O)O. The second kappa shape index (κ2) is 8.94. The van der Waals surface area contributed by atoms with E-state index in [1.54, 1.807) is 0 Å². The molecule has 14 nitrogen and oxygen atoms in total. The highest BCUT2D eigenvalue weighted by Crippen LogP contribution is 2.50. The van der Waals surface area contributed by atoms with E-state index in [9.17, 15) is 57.4 Å². The normalized spacial score (nSPS) is 14.2. The summed E-state index contributed by atoms with van der Waals surface area (Å²) in [4.78, 5) is 74.6. The zero-order valence-corrected chi connectivity index (χ0v) is 19.1. The molecule has 0 aromatic heterocycles. The quantitative estimate of drug-likeness (QED) is 0.144. The van der Waals surface area contributed by atoms with Crippen LogP contribution in [0.25, 0.3) is 0 Å². The van der Waals surface area contributed by atoms with Gasteiger partial charge in [0.05, 0.1) is 24.6 Å². The molecular weight excluding hydrogens is 488 g/mol. The fourth-order valence-electron chi connectivity index (χ4n) is 3.01. The zero-order valence-electron chi connectivity index (χ0n) is 15.6. The fraction of sp³-hybridized carbons (Fsp3) is 0.500. The third-order valence-corrected chi connectivity index (χ3v) is 7.15. The number of hydrogen-bond acceptors (Lipinski definition) is 6. The number of benzene rings is 1. The summed E-state index contributed by atoms with van der Waals surface area (Å²) in [6.45, 7) is 1.18. The van der Waals surface area contributed by atoms with Crippen LogP contribution in [0.1, 0.15) is 27.8 Å². The van der Waals surface area contributed by atoms with Crippen LogP contribution >= 0.6 is 30.4 Å². The van der Waals surface area contributed by atoms with E-state index in [0.717, 1.165) is 6.07 Å². The zero-order chi connectivity index (χ0) is 23.9. The van der Waals surface area contributed by atoms with Crippen molar-refractivity contribution in [1.29, 1.82) is 0 Å². The van der Waals surface area contributed by atoms with Gasteiger partial charge in [0, 0.05) is 0 Å². The molecule has 0 spiro atoms. The molecule has 0 saturated heterocycles. The van der Waals surface area contributed by atoms with Crippen molar-refractivity contribution in [3.63, 3.8) is 0 Å². The van der Waals surface area contributed by atoms with E-state index in [0.29, 0.717) is 0 Å². The topological polar surface area (TPSA) is 282 Å². The van der Waals surface area contributed by atoms with Gasteiger partial charge >= 0.3 is 30.4 Å². The summed E-state index contributed by atoms with van der Waals surface area (Å²) in [5.41, 5.74) is 7.67. The average Bonchev–Trinajstić information content (AvgIpc) is 2.39. The molecule has 0 heterocycles. The van der Waals surface area contributed by atoms with Crippen LogP contribution < -0.4 is 11.5 Å². The van der Waals surface area contributed by atoms with Crippen molar-refractivity contribution in [2.24, 2.45) is 11.5 Å². The summed E-state index contributed by atoms with van der Waals surface area (Å²) in [5.74, 6) is 0. The van der Waals surface area contributed by atoms with Gasteiger partial charge in [-0.3, -0.25) is 18.3 Å². The largest absolute Gasteiger partial charge is 0.329 e. The molecule has 0 fully saturated rings. The van der Waals surface area contributed by atoms with Crippen LogP contribution in [0, 0.1) is 6.92 Å².